The second-order valence-corrected chi connectivity index (χ2v) is 8.67. The van der Waals surface area contributed by atoms with E-state index in [-0.39, 0.29) is 23.5 Å². The number of amides is 1. The SMILES string of the molecule is CCOC(=O)Cc1csc(S[C@H](C)C(=O)N[C@@H]2CCCC[C@@H]2C)n1. The Morgan fingerprint density at radius 3 is 2.92 bits per heavy atom. The van der Waals surface area contributed by atoms with Gasteiger partial charge in [-0.1, -0.05) is 31.5 Å². The minimum Gasteiger partial charge on any atom is -0.466 e. The monoisotopic (exact) mass is 370 g/mol. The van der Waals surface area contributed by atoms with E-state index in [2.05, 4.69) is 17.2 Å². The van der Waals surface area contributed by atoms with Crippen molar-refractivity contribution >= 4 is 35.0 Å². The molecule has 0 spiro atoms. The van der Waals surface area contributed by atoms with Crippen LogP contribution in [0.4, 0.5) is 0 Å². The highest BCUT2D eigenvalue weighted by atomic mass is 32.2. The number of ether oxygens (including phenoxy) is 1. The van der Waals surface area contributed by atoms with Crippen LogP contribution in [-0.4, -0.2) is 34.8 Å². The molecule has 0 unspecified atom stereocenters. The normalized spacial score (nSPS) is 22.0. The maximum Gasteiger partial charge on any atom is 0.311 e. The third-order valence-corrected chi connectivity index (χ3v) is 6.37. The Labute approximate surface area is 152 Å². The summed E-state index contributed by atoms with van der Waals surface area (Å²) >= 11 is 2.91. The van der Waals surface area contributed by atoms with Crippen molar-refractivity contribution in [2.75, 3.05) is 6.61 Å². The molecule has 5 nitrogen and oxygen atoms in total. The fourth-order valence-electron chi connectivity index (χ4n) is 2.82. The molecule has 3 atom stereocenters. The molecule has 1 amide bonds. The number of esters is 1. The van der Waals surface area contributed by atoms with Crippen molar-refractivity contribution in [2.45, 2.75) is 68.5 Å². The van der Waals surface area contributed by atoms with E-state index in [4.69, 9.17) is 4.74 Å². The molecule has 2 rings (SSSR count). The van der Waals surface area contributed by atoms with E-state index >= 15 is 0 Å². The Bertz CT molecular complexity index is 562. The lowest BCUT2D eigenvalue weighted by Crippen LogP contribution is -2.44. The molecule has 0 aromatic carbocycles. The molecule has 1 aliphatic carbocycles. The quantitative estimate of drug-likeness (QED) is 0.588. The van der Waals surface area contributed by atoms with Crippen LogP contribution < -0.4 is 5.32 Å². The predicted octanol–water partition coefficient (Wildman–Crippen LogP) is 3.42. The molecule has 0 aliphatic heterocycles. The van der Waals surface area contributed by atoms with Gasteiger partial charge in [0, 0.05) is 11.4 Å². The summed E-state index contributed by atoms with van der Waals surface area (Å²) in [4.78, 5) is 28.3. The van der Waals surface area contributed by atoms with Crippen LogP contribution in [0.25, 0.3) is 0 Å². The number of rotatable bonds is 7. The van der Waals surface area contributed by atoms with Crippen molar-refractivity contribution in [3.63, 3.8) is 0 Å². The van der Waals surface area contributed by atoms with Crippen molar-refractivity contribution in [3.8, 4) is 0 Å². The molecule has 1 aromatic rings. The number of nitrogens with one attached hydrogen (secondary N) is 1. The second-order valence-electron chi connectivity index (χ2n) is 6.22. The van der Waals surface area contributed by atoms with Crippen LogP contribution in [0.3, 0.4) is 0 Å². The van der Waals surface area contributed by atoms with Gasteiger partial charge in [-0.2, -0.15) is 0 Å². The molecular formula is C17H26N2O3S2. The van der Waals surface area contributed by atoms with Gasteiger partial charge in [-0.15, -0.1) is 11.3 Å². The first kappa shape index (κ1) is 19.2. The van der Waals surface area contributed by atoms with E-state index in [0.717, 1.165) is 10.8 Å². The molecule has 1 saturated carbocycles. The zero-order chi connectivity index (χ0) is 17.5. The standard InChI is InChI=1S/C17H26N2O3S2/c1-4-22-15(20)9-13-10-23-17(18-13)24-12(3)16(21)19-14-8-6-5-7-11(14)2/h10-12,14H,4-9H2,1-3H3,(H,19,21)/t11-,12+,14+/m0/s1. The maximum atomic E-state index is 12.4. The highest BCUT2D eigenvalue weighted by Crippen LogP contribution is 2.28. The van der Waals surface area contributed by atoms with E-state index in [9.17, 15) is 9.59 Å². The summed E-state index contributed by atoms with van der Waals surface area (Å²) in [5, 5.41) is 4.85. The summed E-state index contributed by atoms with van der Waals surface area (Å²) in [6.45, 7) is 6.28. The molecule has 1 heterocycles. The molecule has 1 fully saturated rings. The number of thiazole rings is 1. The summed E-state index contributed by atoms with van der Waals surface area (Å²) < 4.78 is 5.74. The van der Waals surface area contributed by atoms with Crippen molar-refractivity contribution in [3.05, 3.63) is 11.1 Å². The van der Waals surface area contributed by atoms with Gasteiger partial charge >= 0.3 is 5.97 Å². The third-order valence-electron chi connectivity index (χ3n) is 4.25. The molecule has 1 N–H and O–H groups in total. The number of carbonyl (C=O) groups is 2. The smallest absolute Gasteiger partial charge is 0.311 e. The summed E-state index contributed by atoms with van der Waals surface area (Å²) in [6.07, 6.45) is 4.91. The van der Waals surface area contributed by atoms with Crippen LogP contribution in [0.2, 0.25) is 0 Å². The number of hydrogen-bond donors (Lipinski definition) is 1. The zero-order valence-corrected chi connectivity index (χ0v) is 16.2. The van der Waals surface area contributed by atoms with Gasteiger partial charge in [0.05, 0.1) is 24.0 Å². The van der Waals surface area contributed by atoms with Crippen molar-refractivity contribution < 1.29 is 14.3 Å². The Hall–Kier alpha value is -1.08. The summed E-state index contributed by atoms with van der Waals surface area (Å²) in [7, 11) is 0. The van der Waals surface area contributed by atoms with Gasteiger partial charge < -0.3 is 10.1 Å². The Morgan fingerprint density at radius 1 is 1.46 bits per heavy atom. The predicted molar refractivity (Wildman–Crippen MR) is 97.3 cm³/mol. The lowest BCUT2D eigenvalue weighted by atomic mass is 9.86. The van der Waals surface area contributed by atoms with Crippen LogP contribution in [-0.2, 0) is 20.7 Å². The molecule has 0 radical (unpaired) electrons. The van der Waals surface area contributed by atoms with Gasteiger partial charge in [-0.3, -0.25) is 9.59 Å². The van der Waals surface area contributed by atoms with Crippen molar-refractivity contribution in [1.82, 2.24) is 10.3 Å². The first-order valence-electron chi connectivity index (χ1n) is 8.56. The van der Waals surface area contributed by atoms with E-state index < -0.39 is 0 Å². The second kappa shape index (κ2) is 9.42. The molecule has 1 aliphatic rings. The lowest BCUT2D eigenvalue weighted by Gasteiger charge is -2.30. The largest absolute Gasteiger partial charge is 0.466 e. The highest BCUT2D eigenvalue weighted by molar-refractivity contribution is 8.02. The minimum absolute atomic E-state index is 0.0703. The van der Waals surface area contributed by atoms with E-state index in [1.807, 2.05) is 12.3 Å². The Morgan fingerprint density at radius 2 is 2.21 bits per heavy atom. The molecule has 134 valence electrons. The first-order chi connectivity index (χ1) is 11.5. The highest BCUT2D eigenvalue weighted by Gasteiger charge is 2.25. The average Bonchev–Trinajstić information content (AvgIpc) is 2.96. The van der Waals surface area contributed by atoms with Gasteiger partial charge in [0.15, 0.2) is 4.34 Å². The van der Waals surface area contributed by atoms with Crippen LogP contribution in [0.5, 0.6) is 0 Å². The van der Waals surface area contributed by atoms with E-state index in [1.54, 1.807) is 6.92 Å². The van der Waals surface area contributed by atoms with Gasteiger partial charge in [0.1, 0.15) is 0 Å². The molecule has 1 aromatic heterocycles. The number of aromatic nitrogens is 1. The third kappa shape index (κ3) is 5.77. The van der Waals surface area contributed by atoms with Crippen LogP contribution in [0.15, 0.2) is 9.72 Å². The maximum absolute atomic E-state index is 12.4. The van der Waals surface area contributed by atoms with Crippen LogP contribution in [0, 0.1) is 5.92 Å². The van der Waals surface area contributed by atoms with Gasteiger partial charge in [-0.25, -0.2) is 4.98 Å². The minimum atomic E-state index is -0.267. The van der Waals surface area contributed by atoms with Crippen LogP contribution >= 0.6 is 23.1 Å². The summed E-state index contributed by atoms with van der Waals surface area (Å²) in [5.74, 6) is 0.355. The van der Waals surface area contributed by atoms with Gasteiger partial charge in [0.2, 0.25) is 5.91 Å². The Kier molecular flexibility index (Phi) is 7.55. The fraction of sp³-hybridized carbons (Fsp3) is 0.706. The fourth-order valence-corrected chi connectivity index (χ4v) is 4.81. The van der Waals surface area contributed by atoms with E-state index in [0.29, 0.717) is 24.3 Å². The average molecular weight is 371 g/mol. The zero-order valence-electron chi connectivity index (χ0n) is 14.5. The summed E-state index contributed by atoms with van der Waals surface area (Å²) in [6, 6.07) is 0.296. The molecule has 0 saturated heterocycles. The summed E-state index contributed by atoms with van der Waals surface area (Å²) in [5.41, 5.74) is 0.703. The van der Waals surface area contributed by atoms with Crippen molar-refractivity contribution in [1.29, 1.82) is 0 Å². The molecule has 24 heavy (non-hydrogen) atoms. The number of nitrogens with zero attached hydrogens (tertiary/aromatic N) is 1. The topological polar surface area (TPSA) is 68.3 Å². The molecule has 0 bridgehead atoms. The number of carbonyl (C=O) groups excluding carboxylic acids is 2. The van der Waals surface area contributed by atoms with Gasteiger partial charge in [-0.05, 0) is 32.6 Å². The lowest BCUT2D eigenvalue weighted by molar-refractivity contribution is -0.142. The van der Waals surface area contributed by atoms with Crippen LogP contribution in [0.1, 0.15) is 52.1 Å². The molecular weight excluding hydrogens is 344 g/mol. The van der Waals surface area contributed by atoms with Crippen molar-refractivity contribution in [2.24, 2.45) is 5.92 Å². The Balaban J connectivity index is 1.82. The number of hydrogen-bond acceptors (Lipinski definition) is 6. The molecule has 7 heteroatoms. The number of thioether (sulfide) groups is 1. The van der Waals surface area contributed by atoms with Gasteiger partial charge in [0.25, 0.3) is 0 Å². The first-order valence-corrected chi connectivity index (χ1v) is 10.3. The van der Waals surface area contributed by atoms with E-state index in [1.165, 1.54) is 42.4 Å².